The van der Waals surface area contributed by atoms with E-state index in [1.54, 1.807) is 53.4 Å². The summed E-state index contributed by atoms with van der Waals surface area (Å²) in [6.45, 7) is 5.53. The average Bonchev–Trinajstić information content (AvgIpc) is 3.42. The van der Waals surface area contributed by atoms with Crippen LogP contribution in [0.3, 0.4) is 0 Å². The molecule has 0 spiro atoms. The smallest absolute Gasteiger partial charge is 0.282 e. The van der Waals surface area contributed by atoms with Gasteiger partial charge >= 0.3 is 0 Å². The number of aliphatic hydroxyl groups excluding tert-OH is 1. The Kier molecular flexibility index (Phi) is 6.11. The molecular formula is C30H26FN7O2. The van der Waals surface area contributed by atoms with Crippen molar-refractivity contribution in [2.24, 2.45) is 0 Å². The molecule has 0 fully saturated rings. The minimum absolute atomic E-state index is 0.0582. The van der Waals surface area contributed by atoms with Crippen LogP contribution in [0.15, 0.2) is 84.2 Å². The first-order valence-corrected chi connectivity index (χ1v) is 12.7. The van der Waals surface area contributed by atoms with Gasteiger partial charge in [-0.15, -0.1) is 0 Å². The van der Waals surface area contributed by atoms with E-state index in [1.165, 1.54) is 12.3 Å². The van der Waals surface area contributed by atoms with E-state index >= 15 is 4.39 Å². The van der Waals surface area contributed by atoms with Gasteiger partial charge in [0.05, 0.1) is 35.3 Å². The van der Waals surface area contributed by atoms with Gasteiger partial charge in [-0.25, -0.2) is 18.9 Å². The van der Waals surface area contributed by atoms with Gasteiger partial charge in [-0.2, -0.15) is 14.9 Å². The van der Waals surface area contributed by atoms with Crippen LogP contribution in [0.4, 0.5) is 15.9 Å². The number of hydrogen-bond acceptors (Lipinski definition) is 7. The van der Waals surface area contributed by atoms with Crippen LogP contribution < -0.4 is 10.9 Å². The molecule has 6 rings (SSSR count). The summed E-state index contributed by atoms with van der Waals surface area (Å²) in [7, 11) is 0. The van der Waals surface area contributed by atoms with E-state index in [9.17, 15) is 9.90 Å². The fourth-order valence-corrected chi connectivity index (χ4v) is 4.73. The Morgan fingerprint density at radius 1 is 1.02 bits per heavy atom. The van der Waals surface area contributed by atoms with Crippen LogP contribution in [-0.4, -0.2) is 34.5 Å². The topological polar surface area (TPSA) is 110 Å². The molecule has 6 aromatic rings. The second-order valence-electron chi connectivity index (χ2n) is 10.5. The number of benzene rings is 2. The molecule has 0 bridgehead atoms. The molecule has 2 aromatic carbocycles. The predicted molar refractivity (Wildman–Crippen MR) is 151 cm³/mol. The number of nitrogens with one attached hydrogen (secondary N) is 1. The number of imidazole rings is 1. The summed E-state index contributed by atoms with van der Waals surface area (Å²) in [5.41, 5.74) is 2.95. The lowest BCUT2D eigenvalue weighted by Crippen LogP contribution is -2.24. The van der Waals surface area contributed by atoms with E-state index in [2.05, 4.69) is 25.5 Å². The first-order valence-electron chi connectivity index (χ1n) is 12.7. The van der Waals surface area contributed by atoms with Crippen molar-refractivity contribution in [2.75, 3.05) is 5.32 Å². The van der Waals surface area contributed by atoms with Crippen molar-refractivity contribution in [2.45, 2.75) is 32.8 Å². The van der Waals surface area contributed by atoms with Gasteiger partial charge in [0.1, 0.15) is 11.6 Å². The summed E-state index contributed by atoms with van der Waals surface area (Å²) < 4.78 is 18.0. The molecule has 4 aromatic heterocycles. The fraction of sp³-hybridized carbons (Fsp3) is 0.167. The Balaban J connectivity index is 1.51. The van der Waals surface area contributed by atoms with Crippen molar-refractivity contribution >= 4 is 27.9 Å². The number of pyridine rings is 1. The summed E-state index contributed by atoms with van der Waals surface area (Å²) in [5.74, 6) is 0.0204. The largest absolute Gasteiger partial charge is 0.392 e. The van der Waals surface area contributed by atoms with Gasteiger partial charge in [0.15, 0.2) is 5.65 Å². The maximum atomic E-state index is 15.3. The molecule has 10 heteroatoms. The van der Waals surface area contributed by atoms with E-state index < -0.39 is 18.0 Å². The molecule has 0 radical (unpaired) electrons. The number of hydrogen-bond donors (Lipinski definition) is 2. The van der Waals surface area contributed by atoms with Gasteiger partial charge in [0.2, 0.25) is 0 Å². The molecule has 0 aliphatic heterocycles. The zero-order valence-electron chi connectivity index (χ0n) is 22.1. The molecule has 0 atom stereocenters. The fourth-order valence-electron chi connectivity index (χ4n) is 4.73. The first kappa shape index (κ1) is 25.3. The van der Waals surface area contributed by atoms with Crippen LogP contribution in [-0.2, 0) is 12.0 Å². The standard InChI is InChI=1S/C30H26FN7O2/c1-30(2,3)19-13-18-16-34-38(29(40)27(18)22(31)14-19)25-8-6-7-20(21(25)17-39)23-15-24(28-33-11-12-37(28)36-23)35-26-9-4-5-10-32-26/h4-16,39H,17H2,1-3H3,(H,32,35). The maximum absolute atomic E-state index is 15.3. The maximum Gasteiger partial charge on any atom is 0.282 e. The number of anilines is 2. The van der Waals surface area contributed by atoms with Crippen LogP contribution in [0, 0.1) is 5.82 Å². The second kappa shape index (κ2) is 9.65. The molecule has 0 amide bonds. The number of aliphatic hydroxyl groups is 1. The lowest BCUT2D eigenvalue weighted by molar-refractivity contribution is 0.281. The van der Waals surface area contributed by atoms with Crippen LogP contribution in [0.25, 0.3) is 33.4 Å². The minimum atomic E-state index is -0.613. The molecule has 0 saturated heterocycles. The third-order valence-corrected chi connectivity index (χ3v) is 6.81. The predicted octanol–water partition coefficient (Wildman–Crippen LogP) is 5.16. The lowest BCUT2D eigenvalue weighted by atomic mass is 9.86. The Morgan fingerprint density at radius 3 is 2.62 bits per heavy atom. The average molecular weight is 536 g/mol. The normalized spacial score (nSPS) is 11.8. The second-order valence-corrected chi connectivity index (χ2v) is 10.5. The highest BCUT2D eigenvalue weighted by molar-refractivity contribution is 5.83. The van der Waals surface area contributed by atoms with Gasteiger partial charge in [0, 0.05) is 35.1 Å². The zero-order valence-corrected chi connectivity index (χ0v) is 22.1. The van der Waals surface area contributed by atoms with E-state index in [-0.39, 0.29) is 10.8 Å². The van der Waals surface area contributed by atoms with Crippen molar-refractivity contribution in [1.29, 1.82) is 0 Å². The van der Waals surface area contributed by atoms with Crippen LogP contribution in [0.1, 0.15) is 31.9 Å². The highest BCUT2D eigenvalue weighted by Gasteiger charge is 2.21. The number of rotatable bonds is 5. The van der Waals surface area contributed by atoms with Crippen LogP contribution in [0.5, 0.6) is 0 Å². The number of halogens is 1. The van der Waals surface area contributed by atoms with E-state index in [0.717, 1.165) is 10.2 Å². The van der Waals surface area contributed by atoms with Crippen LogP contribution >= 0.6 is 0 Å². The molecule has 2 N–H and O–H groups in total. The third-order valence-electron chi connectivity index (χ3n) is 6.81. The third kappa shape index (κ3) is 4.38. The monoisotopic (exact) mass is 535 g/mol. The molecular weight excluding hydrogens is 509 g/mol. The number of nitrogens with zero attached hydrogens (tertiary/aromatic N) is 6. The Bertz CT molecular complexity index is 1940. The van der Waals surface area contributed by atoms with Crippen molar-refractivity contribution in [3.63, 3.8) is 0 Å². The highest BCUT2D eigenvalue weighted by atomic mass is 19.1. The summed E-state index contributed by atoms with van der Waals surface area (Å²) in [4.78, 5) is 22.3. The molecule has 4 heterocycles. The zero-order chi connectivity index (χ0) is 28.0. The summed E-state index contributed by atoms with van der Waals surface area (Å²) in [6.07, 6.45) is 6.52. The summed E-state index contributed by atoms with van der Waals surface area (Å²) >= 11 is 0. The molecule has 9 nitrogen and oxygen atoms in total. The summed E-state index contributed by atoms with van der Waals surface area (Å²) in [6, 6.07) is 15.7. The minimum Gasteiger partial charge on any atom is -0.392 e. The van der Waals surface area contributed by atoms with Gasteiger partial charge in [-0.1, -0.05) is 39.0 Å². The van der Waals surface area contributed by atoms with E-state index in [4.69, 9.17) is 0 Å². The van der Waals surface area contributed by atoms with Crippen LogP contribution in [0.2, 0.25) is 0 Å². The highest BCUT2D eigenvalue weighted by Crippen LogP contribution is 2.31. The SMILES string of the molecule is CC(C)(C)c1cc(F)c2c(=O)n(-c3cccc(-c4cc(Nc5ccccn5)c5nccn5n4)c3CO)ncc2c1. The lowest BCUT2D eigenvalue weighted by Gasteiger charge is -2.20. The van der Waals surface area contributed by atoms with Gasteiger partial charge in [-0.3, -0.25) is 4.79 Å². The van der Waals surface area contributed by atoms with Gasteiger partial charge in [-0.05, 0) is 47.4 Å². The quantitative estimate of drug-likeness (QED) is 0.314. The van der Waals surface area contributed by atoms with Gasteiger partial charge in [0.25, 0.3) is 5.56 Å². The molecule has 40 heavy (non-hydrogen) atoms. The Hall–Kier alpha value is -4.96. The van der Waals surface area contributed by atoms with Crippen molar-refractivity contribution < 1.29 is 9.50 Å². The first-order chi connectivity index (χ1) is 19.2. The number of aromatic nitrogens is 6. The summed E-state index contributed by atoms with van der Waals surface area (Å²) in [5, 5.41) is 23.2. The number of fused-ring (bicyclic) bond motifs is 2. The molecule has 0 aliphatic rings. The Labute approximate surface area is 228 Å². The molecule has 0 saturated carbocycles. The Morgan fingerprint density at radius 2 is 1.88 bits per heavy atom. The van der Waals surface area contributed by atoms with Crippen molar-refractivity contribution in [1.82, 2.24) is 29.4 Å². The van der Waals surface area contributed by atoms with Crippen molar-refractivity contribution in [3.05, 3.63) is 107 Å². The van der Waals surface area contributed by atoms with Gasteiger partial charge < -0.3 is 10.4 Å². The molecule has 0 unspecified atom stereocenters. The van der Waals surface area contributed by atoms with Crippen molar-refractivity contribution in [3.8, 4) is 16.9 Å². The van der Waals surface area contributed by atoms with E-state index in [1.807, 2.05) is 39.0 Å². The molecule has 0 aliphatic carbocycles. The molecule has 200 valence electrons. The van der Waals surface area contributed by atoms with E-state index in [0.29, 0.717) is 45.0 Å².